The lowest BCUT2D eigenvalue weighted by Gasteiger charge is -2.34. The quantitative estimate of drug-likeness (QED) is 0.384. The average Bonchev–Trinajstić information content (AvgIpc) is 2.56. The van der Waals surface area contributed by atoms with Gasteiger partial charge in [0, 0.05) is 60.9 Å². The van der Waals surface area contributed by atoms with Gasteiger partial charge in [-0.1, -0.05) is 31.2 Å². The van der Waals surface area contributed by atoms with Crippen molar-refractivity contribution in [3.05, 3.63) is 35.4 Å². The van der Waals surface area contributed by atoms with Crippen LogP contribution in [0.3, 0.4) is 0 Å². The second-order valence-corrected chi connectivity index (χ2v) is 6.88. The van der Waals surface area contributed by atoms with Gasteiger partial charge in [0.2, 0.25) is 0 Å². The zero-order valence-corrected chi connectivity index (χ0v) is 18.7. The highest BCUT2D eigenvalue weighted by Gasteiger charge is 2.16. The van der Waals surface area contributed by atoms with Crippen LogP contribution in [0.15, 0.2) is 29.3 Å². The van der Waals surface area contributed by atoms with Crippen LogP contribution in [0.25, 0.3) is 0 Å². The van der Waals surface area contributed by atoms with Gasteiger partial charge in [0.05, 0.1) is 6.54 Å². The molecule has 6 heteroatoms. The van der Waals surface area contributed by atoms with E-state index in [1.165, 1.54) is 24.2 Å². The first-order chi connectivity index (χ1) is 11.5. The largest absolute Gasteiger partial charge is 0.349 e. The minimum absolute atomic E-state index is 0. The molecule has 0 saturated carbocycles. The Morgan fingerprint density at radius 2 is 1.44 bits per heavy atom. The zero-order valence-electron chi connectivity index (χ0n) is 16.4. The molecule has 1 aliphatic rings. The van der Waals surface area contributed by atoms with Crippen LogP contribution >= 0.6 is 24.0 Å². The van der Waals surface area contributed by atoms with E-state index < -0.39 is 0 Å². The fourth-order valence-electron chi connectivity index (χ4n) is 3.21. The zero-order chi connectivity index (χ0) is 17.5. The lowest BCUT2D eigenvalue weighted by atomic mass is 10.1. The Hall–Kier alpha value is -0.860. The minimum atomic E-state index is 0. The molecule has 0 N–H and O–H groups in total. The van der Waals surface area contributed by atoms with Crippen LogP contribution in [0.1, 0.15) is 18.1 Å². The SMILES string of the molecule is CCN1CCN(Cc2ccccc2CN=C(N(C)C)N(C)C)CC1.I. The second-order valence-electron chi connectivity index (χ2n) is 6.88. The van der Waals surface area contributed by atoms with E-state index in [1.54, 1.807) is 0 Å². The van der Waals surface area contributed by atoms with Crippen molar-refractivity contribution in [2.45, 2.75) is 20.0 Å². The van der Waals surface area contributed by atoms with Gasteiger partial charge >= 0.3 is 0 Å². The highest BCUT2D eigenvalue weighted by molar-refractivity contribution is 14.0. The van der Waals surface area contributed by atoms with Gasteiger partial charge in [0.15, 0.2) is 5.96 Å². The summed E-state index contributed by atoms with van der Waals surface area (Å²) in [6, 6.07) is 8.73. The van der Waals surface area contributed by atoms with Gasteiger partial charge < -0.3 is 14.7 Å². The van der Waals surface area contributed by atoms with Crippen LogP contribution in [-0.2, 0) is 13.1 Å². The summed E-state index contributed by atoms with van der Waals surface area (Å²) in [5, 5.41) is 0. The molecule has 1 heterocycles. The maximum Gasteiger partial charge on any atom is 0.195 e. The molecule has 5 nitrogen and oxygen atoms in total. The third-order valence-electron chi connectivity index (χ3n) is 4.62. The molecule has 1 aromatic carbocycles. The van der Waals surface area contributed by atoms with Gasteiger partial charge in [-0.05, 0) is 17.7 Å². The molecule has 25 heavy (non-hydrogen) atoms. The number of likely N-dealkylation sites (N-methyl/N-ethyl adjacent to an activating group) is 1. The van der Waals surface area contributed by atoms with Crippen LogP contribution in [-0.4, -0.2) is 86.5 Å². The molecule has 1 aliphatic heterocycles. The monoisotopic (exact) mass is 459 g/mol. The lowest BCUT2D eigenvalue weighted by molar-refractivity contribution is 0.131. The summed E-state index contributed by atoms with van der Waals surface area (Å²) >= 11 is 0. The third-order valence-corrected chi connectivity index (χ3v) is 4.62. The first kappa shape index (κ1) is 22.2. The van der Waals surface area contributed by atoms with Gasteiger partial charge in [0.25, 0.3) is 0 Å². The normalized spacial score (nSPS) is 15.4. The van der Waals surface area contributed by atoms with Gasteiger partial charge in [-0.3, -0.25) is 4.90 Å². The second kappa shape index (κ2) is 11.0. The Labute approximate surface area is 170 Å². The molecule has 0 radical (unpaired) electrons. The van der Waals surface area contributed by atoms with Crippen molar-refractivity contribution in [3.8, 4) is 0 Å². The summed E-state index contributed by atoms with van der Waals surface area (Å²) in [6.07, 6.45) is 0. The van der Waals surface area contributed by atoms with E-state index in [1.807, 2.05) is 28.2 Å². The van der Waals surface area contributed by atoms with E-state index in [4.69, 9.17) is 4.99 Å². The average molecular weight is 459 g/mol. The minimum Gasteiger partial charge on any atom is -0.349 e. The van der Waals surface area contributed by atoms with E-state index >= 15 is 0 Å². The summed E-state index contributed by atoms with van der Waals surface area (Å²) in [7, 11) is 8.16. The summed E-state index contributed by atoms with van der Waals surface area (Å²) in [5.74, 6) is 1.00. The van der Waals surface area contributed by atoms with E-state index in [2.05, 4.69) is 50.8 Å². The van der Waals surface area contributed by atoms with Gasteiger partial charge in [0.1, 0.15) is 0 Å². The van der Waals surface area contributed by atoms with E-state index in [9.17, 15) is 0 Å². The Kier molecular flexibility index (Phi) is 9.74. The number of aliphatic imine (C=N–C) groups is 1. The number of nitrogens with zero attached hydrogens (tertiary/aromatic N) is 5. The van der Waals surface area contributed by atoms with E-state index in [0.29, 0.717) is 0 Å². The lowest BCUT2D eigenvalue weighted by Crippen LogP contribution is -2.45. The maximum absolute atomic E-state index is 4.81. The molecule has 0 aromatic heterocycles. The smallest absolute Gasteiger partial charge is 0.195 e. The summed E-state index contributed by atoms with van der Waals surface area (Å²) in [5.41, 5.74) is 2.74. The van der Waals surface area contributed by atoms with Gasteiger partial charge in [-0.2, -0.15) is 0 Å². The van der Waals surface area contributed by atoms with Crippen molar-refractivity contribution >= 4 is 29.9 Å². The number of benzene rings is 1. The number of piperazine rings is 1. The molecule has 0 spiro atoms. The number of guanidine groups is 1. The Morgan fingerprint density at radius 1 is 0.920 bits per heavy atom. The Bertz CT molecular complexity index is 526. The molecule has 0 bridgehead atoms. The van der Waals surface area contributed by atoms with Crippen LogP contribution in [0.5, 0.6) is 0 Å². The van der Waals surface area contributed by atoms with Crippen molar-refractivity contribution in [1.82, 2.24) is 19.6 Å². The molecule has 1 fully saturated rings. The number of hydrogen-bond donors (Lipinski definition) is 0. The van der Waals surface area contributed by atoms with Crippen molar-refractivity contribution in [2.75, 3.05) is 60.9 Å². The predicted molar refractivity (Wildman–Crippen MR) is 118 cm³/mol. The molecule has 0 aliphatic carbocycles. The highest BCUT2D eigenvalue weighted by Crippen LogP contribution is 2.15. The number of halogens is 1. The number of rotatable bonds is 5. The fourth-order valence-corrected chi connectivity index (χ4v) is 3.21. The van der Waals surface area contributed by atoms with Crippen LogP contribution in [0.4, 0.5) is 0 Å². The highest BCUT2D eigenvalue weighted by atomic mass is 127. The maximum atomic E-state index is 4.81. The number of hydrogen-bond acceptors (Lipinski definition) is 3. The van der Waals surface area contributed by atoms with Crippen LogP contribution < -0.4 is 0 Å². The first-order valence-corrected chi connectivity index (χ1v) is 8.91. The molecule has 0 unspecified atom stereocenters. The van der Waals surface area contributed by atoms with Gasteiger partial charge in [-0.15, -0.1) is 24.0 Å². The van der Waals surface area contributed by atoms with Gasteiger partial charge in [-0.25, -0.2) is 4.99 Å². The fraction of sp³-hybridized carbons (Fsp3) is 0.632. The summed E-state index contributed by atoms with van der Waals surface area (Å²) < 4.78 is 0. The van der Waals surface area contributed by atoms with Crippen molar-refractivity contribution < 1.29 is 0 Å². The summed E-state index contributed by atoms with van der Waals surface area (Å²) in [4.78, 5) is 14.0. The molecule has 2 rings (SSSR count). The van der Waals surface area contributed by atoms with E-state index in [0.717, 1.165) is 38.7 Å². The van der Waals surface area contributed by atoms with E-state index in [-0.39, 0.29) is 24.0 Å². The molecule has 1 aromatic rings. The molecule has 142 valence electrons. The molecule has 1 saturated heterocycles. The van der Waals surface area contributed by atoms with Crippen LogP contribution in [0.2, 0.25) is 0 Å². The predicted octanol–water partition coefficient (Wildman–Crippen LogP) is 2.42. The summed E-state index contributed by atoms with van der Waals surface area (Å²) in [6.45, 7) is 9.86. The molecular formula is C19H34IN5. The topological polar surface area (TPSA) is 25.3 Å². The molecule has 0 amide bonds. The standard InChI is InChI=1S/C19H33N5.HI/c1-6-23-11-13-24(14-12-23)16-18-10-8-7-9-17(18)15-20-19(21(2)3)22(4)5;/h7-10H,6,11-16H2,1-5H3;1H. The van der Waals surface area contributed by atoms with Crippen molar-refractivity contribution in [3.63, 3.8) is 0 Å². The van der Waals surface area contributed by atoms with Crippen molar-refractivity contribution in [1.29, 1.82) is 0 Å². The van der Waals surface area contributed by atoms with Crippen molar-refractivity contribution in [2.24, 2.45) is 4.99 Å². The molecule has 0 atom stereocenters. The molecular weight excluding hydrogens is 425 g/mol. The Morgan fingerprint density at radius 3 is 1.96 bits per heavy atom. The third kappa shape index (κ3) is 6.75. The Balaban J connectivity index is 0.00000312. The van der Waals surface area contributed by atoms with Crippen LogP contribution in [0, 0.1) is 0 Å². The first-order valence-electron chi connectivity index (χ1n) is 8.91.